The van der Waals surface area contributed by atoms with Gasteiger partial charge in [0, 0.05) is 17.3 Å². The number of sulfonamides is 1. The first-order chi connectivity index (χ1) is 9.41. The normalized spacial score (nSPS) is 11.4. The minimum atomic E-state index is -3.27. The van der Waals surface area contributed by atoms with Crippen LogP contribution in [0.5, 0.6) is 0 Å². The van der Waals surface area contributed by atoms with E-state index in [0.717, 1.165) is 12.8 Å². The molecule has 0 radical (unpaired) electrons. The van der Waals surface area contributed by atoms with Gasteiger partial charge in [0.05, 0.1) is 5.75 Å². The number of amides is 1. The van der Waals surface area contributed by atoms with Crippen LogP contribution in [0.25, 0.3) is 0 Å². The van der Waals surface area contributed by atoms with E-state index in [-0.39, 0.29) is 17.6 Å². The van der Waals surface area contributed by atoms with Crippen molar-refractivity contribution in [3.8, 4) is 0 Å². The van der Waals surface area contributed by atoms with Gasteiger partial charge in [0.2, 0.25) is 15.9 Å². The maximum atomic E-state index is 11.9. The first-order valence-electron chi connectivity index (χ1n) is 6.83. The molecule has 0 aliphatic carbocycles. The molecule has 20 heavy (non-hydrogen) atoms. The Balaban J connectivity index is 2.70. The highest BCUT2D eigenvalue weighted by molar-refractivity contribution is 7.92. The van der Waals surface area contributed by atoms with E-state index in [9.17, 15) is 13.2 Å². The summed E-state index contributed by atoms with van der Waals surface area (Å²) < 4.78 is 25.3. The maximum absolute atomic E-state index is 11.9. The first kappa shape index (κ1) is 16.5. The zero-order valence-electron chi connectivity index (χ0n) is 12.1. The molecule has 112 valence electrons. The van der Waals surface area contributed by atoms with E-state index in [1.54, 1.807) is 31.2 Å². The van der Waals surface area contributed by atoms with Crippen molar-refractivity contribution in [3.63, 3.8) is 0 Å². The second-order valence-corrected chi connectivity index (χ2v) is 6.60. The van der Waals surface area contributed by atoms with Crippen molar-refractivity contribution in [2.45, 2.75) is 33.6 Å². The second kappa shape index (κ2) is 7.28. The van der Waals surface area contributed by atoms with Crippen molar-refractivity contribution in [1.29, 1.82) is 0 Å². The third kappa shape index (κ3) is 4.85. The quantitative estimate of drug-likeness (QED) is 0.812. The Morgan fingerprint density at radius 1 is 1.05 bits per heavy atom. The van der Waals surface area contributed by atoms with Crippen LogP contribution in [-0.4, -0.2) is 20.1 Å². The average molecular weight is 298 g/mol. The van der Waals surface area contributed by atoms with Crippen molar-refractivity contribution >= 4 is 27.3 Å². The average Bonchev–Trinajstić information content (AvgIpc) is 2.42. The first-order valence-corrected chi connectivity index (χ1v) is 8.48. The molecule has 0 aliphatic rings. The Labute approximate surface area is 120 Å². The number of benzene rings is 1. The Morgan fingerprint density at radius 2 is 1.55 bits per heavy atom. The molecule has 0 saturated carbocycles. The van der Waals surface area contributed by atoms with E-state index in [4.69, 9.17) is 0 Å². The van der Waals surface area contributed by atoms with E-state index >= 15 is 0 Å². The third-order valence-corrected chi connectivity index (χ3v) is 4.47. The summed E-state index contributed by atoms with van der Waals surface area (Å²) in [6.45, 7) is 5.54. The van der Waals surface area contributed by atoms with Crippen LogP contribution in [0.3, 0.4) is 0 Å². The molecule has 0 aromatic heterocycles. The lowest BCUT2D eigenvalue weighted by molar-refractivity contribution is -0.120. The highest BCUT2D eigenvalue weighted by Gasteiger charge is 2.14. The summed E-state index contributed by atoms with van der Waals surface area (Å²) in [6.07, 6.45) is 1.60. The SMILES string of the molecule is CCC(CC)C(=O)Nc1ccc(NS(=O)(=O)CC)cc1. The number of hydrogen-bond acceptors (Lipinski definition) is 3. The van der Waals surface area contributed by atoms with Gasteiger partial charge in [-0.2, -0.15) is 0 Å². The highest BCUT2D eigenvalue weighted by Crippen LogP contribution is 2.17. The van der Waals surface area contributed by atoms with Gasteiger partial charge in [-0.15, -0.1) is 0 Å². The fourth-order valence-corrected chi connectivity index (χ4v) is 2.42. The van der Waals surface area contributed by atoms with E-state index in [0.29, 0.717) is 11.4 Å². The number of carbonyl (C=O) groups excluding carboxylic acids is 1. The summed E-state index contributed by atoms with van der Waals surface area (Å²) in [5.74, 6) is 0.0327. The predicted molar refractivity (Wildman–Crippen MR) is 82.2 cm³/mol. The number of anilines is 2. The molecule has 1 rings (SSSR count). The van der Waals surface area contributed by atoms with Crippen LogP contribution in [0.1, 0.15) is 33.6 Å². The van der Waals surface area contributed by atoms with Crippen LogP contribution < -0.4 is 10.0 Å². The molecule has 1 aromatic rings. The highest BCUT2D eigenvalue weighted by atomic mass is 32.2. The van der Waals surface area contributed by atoms with E-state index in [1.165, 1.54) is 0 Å². The number of rotatable bonds is 7. The zero-order chi connectivity index (χ0) is 15.2. The van der Waals surface area contributed by atoms with Crippen molar-refractivity contribution in [2.75, 3.05) is 15.8 Å². The molecular weight excluding hydrogens is 276 g/mol. The van der Waals surface area contributed by atoms with E-state index < -0.39 is 10.0 Å². The molecule has 0 fully saturated rings. The van der Waals surface area contributed by atoms with Gasteiger partial charge in [-0.1, -0.05) is 13.8 Å². The lowest BCUT2D eigenvalue weighted by Crippen LogP contribution is -2.21. The lowest BCUT2D eigenvalue weighted by atomic mass is 10.0. The Bertz CT molecular complexity index is 534. The van der Waals surface area contributed by atoms with Gasteiger partial charge in [0.15, 0.2) is 0 Å². The standard InChI is InChI=1S/C14H22N2O3S/c1-4-11(5-2)14(17)15-12-7-9-13(10-8-12)16-20(18,19)6-3/h7-11,16H,4-6H2,1-3H3,(H,15,17). The summed E-state index contributed by atoms with van der Waals surface area (Å²) >= 11 is 0. The van der Waals surface area contributed by atoms with E-state index in [2.05, 4.69) is 10.0 Å². The molecule has 0 spiro atoms. The van der Waals surface area contributed by atoms with Gasteiger partial charge in [0.25, 0.3) is 0 Å². The molecule has 0 heterocycles. The van der Waals surface area contributed by atoms with Gasteiger partial charge < -0.3 is 5.32 Å². The van der Waals surface area contributed by atoms with Crippen molar-refractivity contribution in [3.05, 3.63) is 24.3 Å². The smallest absolute Gasteiger partial charge is 0.232 e. The molecule has 0 saturated heterocycles. The van der Waals surface area contributed by atoms with Gasteiger partial charge in [0.1, 0.15) is 0 Å². The summed E-state index contributed by atoms with van der Waals surface area (Å²) in [5.41, 5.74) is 1.16. The van der Waals surface area contributed by atoms with Crippen molar-refractivity contribution in [2.24, 2.45) is 5.92 Å². The molecule has 0 aliphatic heterocycles. The van der Waals surface area contributed by atoms with Crippen LogP contribution >= 0.6 is 0 Å². The molecule has 0 unspecified atom stereocenters. The topological polar surface area (TPSA) is 75.3 Å². The molecule has 2 N–H and O–H groups in total. The van der Waals surface area contributed by atoms with Crippen molar-refractivity contribution in [1.82, 2.24) is 0 Å². The molecular formula is C14H22N2O3S. The maximum Gasteiger partial charge on any atom is 0.232 e. The van der Waals surface area contributed by atoms with Crippen LogP contribution in [0.15, 0.2) is 24.3 Å². The van der Waals surface area contributed by atoms with Crippen LogP contribution in [0.2, 0.25) is 0 Å². The van der Waals surface area contributed by atoms with Gasteiger partial charge in [-0.3, -0.25) is 9.52 Å². The predicted octanol–water partition coefficient (Wildman–Crippen LogP) is 2.82. The second-order valence-electron chi connectivity index (χ2n) is 4.59. The number of carbonyl (C=O) groups is 1. The monoisotopic (exact) mass is 298 g/mol. The third-order valence-electron chi connectivity index (χ3n) is 3.16. The molecule has 0 atom stereocenters. The minimum Gasteiger partial charge on any atom is -0.326 e. The zero-order valence-corrected chi connectivity index (χ0v) is 13.0. The van der Waals surface area contributed by atoms with E-state index in [1.807, 2.05) is 13.8 Å². The van der Waals surface area contributed by atoms with Crippen LogP contribution in [-0.2, 0) is 14.8 Å². The Kier molecular flexibility index (Phi) is 6.01. The van der Waals surface area contributed by atoms with Crippen molar-refractivity contribution < 1.29 is 13.2 Å². The molecule has 1 aromatic carbocycles. The minimum absolute atomic E-state index is 0.00288. The summed E-state index contributed by atoms with van der Waals surface area (Å²) in [4.78, 5) is 11.9. The Hall–Kier alpha value is -1.56. The molecule has 1 amide bonds. The molecule has 6 heteroatoms. The number of hydrogen-bond donors (Lipinski definition) is 2. The fraction of sp³-hybridized carbons (Fsp3) is 0.500. The lowest BCUT2D eigenvalue weighted by Gasteiger charge is -2.13. The largest absolute Gasteiger partial charge is 0.326 e. The van der Waals surface area contributed by atoms with Gasteiger partial charge >= 0.3 is 0 Å². The summed E-state index contributed by atoms with van der Waals surface area (Å²) in [5, 5.41) is 2.83. The van der Waals surface area contributed by atoms with Crippen LogP contribution in [0.4, 0.5) is 11.4 Å². The molecule has 0 bridgehead atoms. The fourth-order valence-electron chi connectivity index (χ4n) is 1.78. The summed E-state index contributed by atoms with van der Waals surface area (Å²) in [7, 11) is -3.27. The summed E-state index contributed by atoms with van der Waals surface area (Å²) in [6, 6.07) is 6.65. The number of nitrogens with one attached hydrogen (secondary N) is 2. The van der Waals surface area contributed by atoms with Gasteiger partial charge in [-0.25, -0.2) is 8.42 Å². The Morgan fingerprint density at radius 3 is 2.00 bits per heavy atom. The van der Waals surface area contributed by atoms with Gasteiger partial charge in [-0.05, 0) is 44.0 Å². The van der Waals surface area contributed by atoms with Crippen LogP contribution in [0, 0.1) is 5.92 Å². The molecule has 5 nitrogen and oxygen atoms in total.